The topological polar surface area (TPSA) is 6.48 Å². The Balaban J connectivity index is 2.23. The first kappa shape index (κ1) is 11.7. The van der Waals surface area contributed by atoms with Crippen molar-refractivity contribution in [2.45, 2.75) is 39.8 Å². The molecule has 2 heteroatoms. The fourth-order valence-corrected chi connectivity index (χ4v) is 1.66. The maximum atomic E-state index is 2.52. The zero-order valence-corrected chi connectivity index (χ0v) is 10.2. The van der Waals surface area contributed by atoms with Crippen LogP contribution in [0.4, 0.5) is 0 Å². The normalized spacial score (nSPS) is 18.8. The zero-order valence-electron chi connectivity index (χ0n) is 10.2. The van der Waals surface area contributed by atoms with Crippen LogP contribution in [0.15, 0.2) is 11.6 Å². The summed E-state index contributed by atoms with van der Waals surface area (Å²) in [6.07, 6.45) is 2.30. The average Bonchev–Trinajstić information content (AvgIpc) is 1.97. The van der Waals surface area contributed by atoms with E-state index in [-0.39, 0.29) is 0 Å². The summed E-state index contributed by atoms with van der Waals surface area (Å²) in [5.74, 6) is 0. The summed E-state index contributed by atoms with van der Waals surface area (Å²) in [5.41, 5.74) is 1.41. The van der Waals surface area contributed by atoms with Crippen molar-refractivity contribution in [3.8, 4) is 0 Å². The van der Waals surface area contributed by atoms with E-state index in [0.29, 0.717) is 6.04 Å². The van der Waals surface area contributed by atoms with Gasteiger partial charge in [-0.05, 0) is 34.7 Å². The SMILES string of the molecule is CC(C)=CCN(C)C1CN(C(C)C)C1. The number of likely N-dealkylation sites (N-methyl/N-ethyl adjacent to an activating group) is 1. The molecular formula is C12H24N2. The second kappa shape index (κ2) is 4.94. The van der Waals surface area contributed by atoms with E-state index >= 15 is 0 Å². The molecule has 0 atom stereocenters. The van der Waals surface area contributed by atoms with Gasteiger partial charge in [0.2, 0.25) is 0 Å². The minimum absolute atomic E-state index is 0.711. The summed E-state index contributed by atoms with van der Waals surface area (Å²) in [7, 11) is 2.22. The van der Waals surface area contributed by atoms with Crippen molar-refractivity contribution in [1.82, 2.24) is 9.80 Å². The maximum Gasteiger partial charge on any atom is 0.0350 e. The number of hydrogen-bond acceptors (Lipinski definition) is 2. The van der Waals surface area contributed by atoms with Crippen LogP contribution in [0.2, 0.25) is 0 Å². The van der Waals surface area contributed by atoms with Crippen molar-refractivity contribution in [2.24, 2.45) is 0 Å². The first-order valence-corrected chi connectivity index (χ1v) is 5.58. The fraction of sp³-hybridized carbons (Fsp3) is 0.833. The molecule has 1 aliphatic rings. The third-order valence-corrected chi connectivity index (χ3v) is 3.03. The predicted octanol–water partition coefficient (Wildman–Crippen LogP) is 1.98. The lowest BCUT2D eigenvalue weighted by Crippen LogP contribution is -2.60. The lowest BCUT2D eigenvalue weighted by molar-refractivity contribution is 0.0323. The van der Waals surface area contributed by atoms with Crippen LogP contribution in [0.1, 0.15) is 27.7 Å². The Hall–Kier alpha value is -0.340. The van der Waals surface area contributed by atoms with Gasteiger partial charge in [-0.25, -0.2) is 0 Å². The molecule has 1 aliphatic heterocycles. The maximum absolute atomic E-state index is 2.52. The molecule has 0 N–H and O–H groups in total. The van der Waals surface area contributed by atoms with Gasteiger partial charge in [0.05, 0.1) is 0 Å². The molecule has 82 valence electrons. The quantitative estimate of drug-likeness (QED) is 0.634. The molecule has 0 aromatic rings. The highest BCUT2D eigenvalue weighted by atomic mass is 15.3. The highest BCUT2D eigenvalue weighted by Crippen LogP contribution is 2.16. The second-order valence-corrected chi connectivity index (χ2v) is 4.92. The van der Waals surface area contributed by atoms with E-state index in [2.05, 4.69) is 50.6 Å². The summed E-state index contributed by atoms with van der Waals surface area (Å²) < 4.78 is 0. The van der Waals surface area contributed by atoms with Gasteiger partial charge in [0.25, 0.3) is 0 Å². The van der Waals surface area contributed by atoms with E-state index < -0.39 is 0 Å². The van der Waals surface area contributed by atoms with Gasteiger partial charge >= 0.3 is 0 Å². The average molecular weight is 196 g/mol. The zero-order chi connectivity index (χ0) is 10.7. The first-order chi connectivity index (χ1) is 6.50. The number of likely N-dealkylation sites (tertiary alicyclic amines) is 1. The third kappa shape index (κ3) is 3.10. The molecular weight excluding hydrogens is 172 g/mol. The van der Waals surface area contributed by atoms with E-state index in [4.69, 9.17) is 0 Å². The van der Waals surface area contributed by atoms with E-state index in [1.54, 1.807) is 0 Å². The number of hydrogen-bond donors (Lipinski definition) is 0. The van der Waals surface area contributed by atoms with Gasteiger partial charge in [0.1, 0.15) is 0 Å². The lowest BCUT2D eigenvalue weighted by atomic mass is 10.1. The summed E-state index contributed by atoms with van der Waals surface area (Å²) in [5, 5.41) is 0. The van der Waals surface area contributed by atoms with Gasteiger partial charge in [0, 0.05) is 31.7 Å². The molecule has 1 rings (SSSR count). The molecule has 0 unspecified atom stereocenters. The van der Waals surface area contributed by atoms with Crippen LogP contribution in [0.25, 0.3) is 0 Å². The third-order valence-electron chi connectivity index (χ3n) is 3.03. The minimum Gasteiger partial charge on any atom is -0.298 e. The lowest BCUT2D eigenvalue weighted by Gasteiger charge is -2.46. The summed E-state index contributed by atoms with van der Waals surface area (Å²) in [6.45, 7) is 12.4. The number of allylic oxidation sites excluding steroid dienone is 1. The molecule has 0 aromatic heterocycles. The largest absolute Gasteiger partial charge is 0.298 e. The summed E-state index contributed by atoms with van der Waals surface area (Å²) >= 11 is 0. The van der Waals surface area contributed by atoms with E-state index in [0.717, 1.165) is 12.6 Å². The van der Waals surface area contributed by atoms with Crippen LogP contribution in [0.3, 0.4) is 0 Å². The van der Waals surface area contributed by atoms with E-state index in [1.807, 2.05) is 0 Å². The molecule has 0 aromatic carbocycles. The van der Waals surface area contributed by atoms with Crippen molar-refractivity contribution >= 4 is 0 Å². The van der Waals surface area contributed by atoms with Gasteiger partial charge < -0.3 is 0 Å². The van der Waals surface area contributed by atoms with Crippen molar-refractivity contribution in [1.29, 1.82) is 0 Å². The Bertz CT molecular complexity index is 198. The molecule has 0 aliphatic carbocycles. The van der Waals surface area contributed by atoms with Gasteiger partial charge in [-0.2, -0.15) is 0 Å². The predicted molar refractivity (Wildman–Crippen MR) is 62.6 cm³/mol. The first-order valence-electron chi connectivity index (χ1n) is 5.58. The molecule has 0 bridgehead atoms. The van der Waals surface area contributed by atoms with Crippen LogP contribution in [0, 0.1) is 0 Å². The smallest absolute Gasteiger partial charge is 0.0350 e. The molecule has 1 saturated heterocycles. The van der Waals surface area contributed by atoms with Crippen LogP contribution >= 0.6 is 0 Å². The van der Waals surface area contributed by atoms with Crippen molar-refractivity contribution in [2.75, 3.05) is 26.7 Å². The molecule has 0 saturated carbocycles. The standard InChI is InChI=1S/C12H24N2/c1-10(2)6-7-13(5)12-8-14(9-12)11(3)4/h6,11-12H,7-9H2,1-5H3. The van der Waals surface area contributed by atoms with Crippen LogP contribution in [0.5, 0.6) is 0 Å². The summed E-state index contributed by atoms with van der Waals surface area (Å²) in [6, 6.07) is 1.48. The Morgan fingerprint density at radius 2 is 2.00 bits per heavy atom. The van der Waals surface area contributed by atoms with Gasteiger partial charge in [-0.15, -0.1) is 0 Å². The van der Waals surface area contributed by atoms with E-state index in [9.17, 15) is 0 Å². The molecule has 1 heterocycles. The van der Waals surface area contributed by atoms with Gasteiger partial charge in [-0.1, -0.05) is 11.6 Å². The molecule has 0 radical (unpaired) electrons. The molecule has 2 nitrogen and oxygen atoms in total. The van der Waals surface area contributed by atoms with Crippen LogP contribution in [-0.2, 0) is 0 Å². The molecule has 1 fully saturated rings. The molecule has 14 heavy (non-hydrogen) atoms. The van der Waals surface area contributed by atoms with Crippen molar-refractivity contribution in [3.05, 3.63) is 11.6 Å². The summed E-state index contributed by atoms with van der Waals surface area (Å²) in [4.78, 5) is 4.97. The molecule has 0 spiro atoms. The second-order valence-electron chi connectivity index (χ2n) is 4.92. The Labute approximate surface area is 88.6 Å². The Morgan fingerprint density at radius 3 is 2.43 bits per heavy atom. The van der Waals surface area contributed by atoms with Gasteiger partial charge in [-0.3, -0.25) is 9.80 Å². The minimum atomic E-state index is 0.711. The fourth-order valence-electron chi connectivity index (χ4n) is 1.66. The van der Waals surface area contributed by atoms with Crippen molar-refractivity contribution in [3.63, 3.8) is 0 Å². The highest BCUT2D eigenvalue weighted by molar-refractivity contribution is 4.97. The van der Waals surface area contributed by atoms with Crippen molar-refractivity contribution < 1.29 is 0 Å². The van der Waals surface area contributed by atoms with Gasteiger partial charge in [0.15, 0.2) is 0 Å². The van der Waals surface area contributed by atoms with E-state index in [1.165, 1.54) is 18.7 Å². The number of rotatable bonds is 4. The Morgan fingerprint density at radius 1 is 1.43 bits per heavy atom. The monoisotopic (exact) mass is 196 g/mol. The van der Waals surface area contributed by atoms with Crippen LogP contribution in [-0.4, -0.2) is 48.6 Å². The number of nitrogens with zero attached hydrogens (tertiary/aromatic N) is 2. The molecule has 0 amide bonds. The Kier molecular flexibility index (Phi) is 4.14. The van der Waals surface area contributed by atoms with Crippen LogP contribution < -0.4 is 0 Å². The highest BCUT2D eigenvalue weighted by Gasteiger charge is 2.30.